The fourth-order valence-corrected chi connectivity index (χ4v) is 4.56. The number of rotatable bonds is 7. The number of hydrogen-bond donors (Lipinski definition) is 2. The first-order valence-corrected chi connectivity index (χ1v) is 10.5. The lowest BCUT2D eigenvalue weighted by molar-refractivity contribution is 0.414. The predicted molar refractivity (Wildman–Crippen MR) is 118 cm³/mol. The topological polar surface area (TPSA) is 60.2 Å². The Bertz CT molecular complexity index is 971. The fraction of sp³-hybridized carbons (Fsp3) is 0.261. The first-order valence-electron chi connectivity index (χ1n) is 9.52. The zero-order chi connectivity index (χ0) is 19.3. The second kappa shape index (κ2) is 8.67. The van der Waals surface area contributed by atoms with Crippen molar-refractivity contribution in [1.82, 2.24) is 10.3 Å². The van der Waals surface area contributed by atoms with Crippen LogP contribution in [0.1, 0.15) is 17.0 Å². The SMILES string of the molecule is COc1ccc(C[C@H](N)CNC2=CC(c3ccc4cnccc4c3)CS2)cc1. The largest absolute Gasteiger partial charge is 0.497 e. The number of ether oxygens (including phenoxy) is 1. The number of methoxy groups -OCH3 is 1. The molecular weight excluding hydrogens is 366 g/mol. The van der Waals surface area contributed by atoms with Crippen LogP contribution >= 0.6 is 11.8 Å². The van der Waals surface area contributed by atoms with E-state index in [1.54, 1.807) is 7.11 Å². The van der Waals surface area contributed by atoms with Crippen LogP contribution in [-0.4, -0.2) is 30.4 Å². The summed E-state index contributed by atoms with van der Waals surface area (Å²) in [5.74, 6) is 2.37. The van der Waals surface area contributed by atoms with Crippen molar-refractivity contribution in [3.63, 3.8) is 0 Å². The van der Waals surface area contributed by atoms with Crippen LogP contribution in [0.15, 0.2) is 72.0 Å². The van der Waals surface area contributed by atoms with Crippen LogP contribution in [0.2, 0.25) is 0 Å². The molecule has 0 fully saturated rings. The van der Waals surface area contributed by atoms with Gasteiger partial charge in [0.25, 0.3) is 0 Å². The summed E-state index contributed by atoms with van der Waals surface area (Å²) >= 11 is 1.87. The second-order valence-corrected chi connectivity index (χ2v) is 8.19. The van der Waals surface area contributed by atoms with E-state index in [1.807, 2.05) is 36.3 Å². The van der Waals surface area contributed by atoms with Gasteiger partial charge in [-0.25, -0.2) is 0 Å². The van der Waals surface area contributed by atoms with Gasteiger partial charge in [0.1, 0.15) is 5.75 Å². The zero-order valence-electron chi connectivity index (χ0n) is 16.0. The maximum absolute atomic E-state index is 6.33. The highest BCUT2D eigenvalue weighted by Gasteiger charge is 2.19. The third-order valence-electron chi connectivity index (χ3n) is 5.06. The lowest BCUT2D eigenvalue weighted by atomic mass is 9.98. The van der Waals surface area contributed by atoms with Crippen LogP contribution in [-0.2, 0) is 6.42 Å². The Morgan fingerprint density at radius 3 is 2.86 bits per heavy atom. The Labute approximate surface area is 170 Å². The van der Waals surface area contributed by atoms with Crippen LogP contribution in [0.4, 0.5) is 0 Å². The first-order chi connectivity index (χ1) is 13.7. The molecule has 2 atom stereocenters. The minimum Gasteiger partial charge on any atom is -0.497 e. The molecule has 0 radical (unpaired) electrons. The summed E-state index contributed by atoms with van der Waals surface area (Å²) in [5, 5.41) is 7.18. The van der Waals surface area contributed by atoms with E-state index < -0.39 is 0 Å². The highest BCUT2D eigenvalue weighted by atomic mass is 32.2. The fourth-order valence-electron chi connectivity index (χ4n) is 3.46. The van der Waals surface area contributed by atoms with Gasteiger partial charge in [-0.3, -0.25) is 4.98 Å². The molecule has 0 saturated carbocycles. The monoisotopic (exact) mass is 391 g/mol. The van der Waals surface area contributed by atoms with Gasteiger partial charge in [-0.1, -0.05) is 30.3 Å². The molecule has 1 unspecified atom stereocenters. The standard InChI is InChI=1S/C23H25N3OS/c1-27-22-6-2-16(3-7-22)10-21(24)14-26-23-12-20(15-28-23)17-4-5-19-13-25-9-8-18(19)11-17/h2-9,11-13,20-21,26H,10,14-15,24H2,1H3/t20?,21-/m0/s1. The minimum atomic E-state index is 0.0714. The summed E-state index contributed by atoms with van der Waals surface area (Å²) in [6.07, 6.45) is 6.93. The average Bonchev–Trinajstić information content (AvgIpc) is 3.21. The van der Waals surface area contributed by atoms with Gasteiger partial charge in [-0.05, 0) is 47.2 Å². The third-order valence-corrected chi connectivity index (χ3v) is 6.18. The molecule has 144 valence electrons. The molecule has 28 heavy (non-hydrogen) atoms. The lowest BCUT2D eigenvalue weighted by Crippen LogP contribution is -2.34. The number of thioether (sulfide) groups is 1. The van der Waals surface area contributed by atoms with Crippen molar-refractivity contribution in [1.29, 1.82) is 0 Å². The Hall–Kier alpha value is -2.50. The quantitative estimate of drug-likeness (QED) is 0.636. The Morgan fingerprint density at radius 1 is 1.18 bits per heavy atom. The molecule has 2 heterocycles. The van der Waals surface area contributed by atoms with Crippen molar-refractivity contribution in [3.05, 3.63) is 83.2 Å². The van der Waals surface area contributed by atoms with E-state index in [0.717, 1.165) is 24.5 Å². The number of hydrogen-bond acceptors (Lipinski definition) is 5. The molecule has 0 spiro atoms. The number of nitrogens with one attached hydrogen (secondary N) is 1. The van der Waals surface area contributed by atoms with Gasteiger partial charge in [-0.15, -0.1) is 11.8 Å². The van der Waals surface area contributed by atoms with Crippen LogP contribution < -0.4 is 15.8 Å². The molecule has 3 N–H and O–H groups in total. The molecule has 3 aromatic rings. The summed E-state index contributed by atoms with van der Waals surface area (Å²) < 4.78 is 5.20. The number of aromatic nitrogens is 1. The number of nitrogens with zero attached hydrogens (tertiary/aromatic N) is 1. The Balaban J connectivity index is 1.33. The van der Waals surface area contributed by atoms with Gasteiger partial charge in [0.2, 0.25) is 0 Å². The van der Waals surface area contributed by atoms with E-state index in [-0.39, 0.29) is 6.04 Å². The van der Waals surface area contributed by atoms with E-state index >= 15 is 0 Å². The maximum Gasteiger partial charge on any atom is 0.118 e. The number of allylic oxidation sites excluding steroid dienone is 1. The molecule has 0 amide bonds. The number of pyridine rings is 1. The molecule has 1 aromatic heterocycles. The van der Waals surface area contributed by atoms with Crippen molar-refractivity contribution < 1.29 is 4.74 Å². The molecule has 0 bridgehead atoms. The molecular formula is C23H25N3OS. The van der Waals surface area contributed by atoms with Gasteiger partial charge in [0.15, 0.2) is 0 Å². The van der Waals surface area contributed by atoms with Crippen LogP contribution in [0.5, 0.6) is 5.75 Å². The molecule has 0 aliphatic carbocycles. The van der Waals surface area contributed by atoms with Gasteiger partial charge < -0.3 is 15.8 Å². The van der Waals surface area contributed by atoms with E-state index in [4.69, 9.17) is 10.5 Å². The maximum atomic E-state index is 6.33. The summed E-state index contributed by atoms with van der Waals surface area (Å²) in [5.41, 5.74) is 8.91. The predicted octanol–water partition coefficient (Wildman–Crippen LogP) is 4.07. The van der Waals surface area contributed by atoms with E-state index in [9.17, 15) is 0 Å². The van der Waals surface area contributed by atoms with E-state index in [2.05, 4.69) is 52.8 Å². The third kappa shape index (κ3) is 4.49. The highest BCUT2D eigenvalue weighted by Crippen LogP contribution is 2.35. The molecule has 4 nitrogen and oxygen atoms in total. The van der Waals surface area contributed by atoms with Crippen molar-refractivity contribution in [2.45, 2.75) is 18.4 Å². The number of benzene rings is 2. The zero-order valence-corrected chi connectivity index (χ0v) is 16.8. The van der Waals surface area contributed by atoms with Crippen molar-refractivity contribution in [2.75, 3.05) is 19.4 Å². The van der Waals surface area contributed by atoms with Crippen molar-refractivity contribution in [2.24, 2.45) is 5.73 Å². The van der Waals surface area contributed by atoms with E-state index in [0.29, 0.717) is 5.92 Å². The van der Waals surface area contributed by atoms with Crippen LogP contribution in [0.3, 0.4) is 0 Å². The number of fused-ring (bicyclic) bond motifs is 1. The van der Waals surface area contributed by atoms with Gasteiger partial charge in [-0.2, -0.15) is 0 Å². The highest BCUT2D eigenvalue weighted by molar-refractivity contribution is 8.03. The Morgan fingerprint density at radius 2 is 2.04 bits per heavy atom. The molecule has 5 heteroatoms. The molecule has 2 aromatic carbocycles. The molecule has 0 saturated heterocycles. The second-order valence-electron chi connectivity index (χ2n) is 7.12. The lowest BCUT2D eigenvalue weighted by Gasteiger charge is -2.14. The van der Waals surface area contributed by atoms with Crippen LogP contribution in [0.25, 0.3) is 10.8 Å². The van der Waals surface area contributed by atoms with Crippen molar-refractivity contribution >= 4 is 22.5 Å². The number of nitrogens with two attached hydrogens (primary N) is 1. The average molecular weight is 392 g/mol. The summed E-state index contributed by atoms with van der Waals surface area (Å²) in [6, 6.07) is 16.9. The Kier molecular flexibility index (Phi) is 5.84. The summed E-state index contributed by atoms with van der Waals surface area (Å²) in [4.78, 5) is 4.19. The van der Waals surface area contributed by atoms with E-state index in [1.165, 1.54) is 26.9 Å². The summed E-state index contributed by atoms with van der Waals surface area (Å²) in [7, 11) is 1.68. The normalized spacial score (nSPS) is 17.4. The molecule has 1 aliphatic heterocycles. The van der Waals surface area contributed by atoms with Gasteiger partial charge >= 0.3 is 0 Å². The van der Waals surface area contributed by atoms with Crippen LogP contribution in [0, 0.1) is 0 Å². The van der Waals surface area contributed by atoms with Crippen molar-refractivity contribution in [3.8, 4) is 5.75 Å². The van der Waals surface area contributed by atoms with Gasteiger partial charge in [0.05, 0.1) is 12.1 Å². The first kappa shape index (κ1) is 18.8. The minimum absolute atomic E-state index is 0.0714. The van der Waals surface area contributed by atoms with Gasteiger partial charge in [0, 0.05) is 42.0 Å². The molecule has 4 rings (SSSR count). The summed E-state index contributed by atoms with van der Waals surface area (Å²) in [6.45, 7) is 0.765. The smallest absolute Gasteiger partial charge is 0.118 e. The molecule has 1 aliphatic rings.